The van der Waals surface area contributed by atoms with Crippen molar-refractivity contribution in [3.05, 3.63) is 369 Å². The number of para-hydroxylation sites is 4. The molecule has 0 saturated heterocycles. The van der Waals surface area contributed by atoms with Crippen molar-refractivity contribution >= 4 is 120 Å². The summed E-state index contributed by atoms with van der Waals surface area (Å²) in [7, 11) is 0. The number of hydrogen-bond donors (Lipinski definition) is 0. The lowest BCUT2D eigenvalue weighted by Crippen LogP contribution is -1.98. The van der Waals surface area contributed by atoms with Crippen molar-refractivity contribution < 1.29 is 44.5 Å². The molecule has 470 valence electrons. The maximum Gasteiger partial charge on any atom is 0.136 e. The molecule has 3 aromatic heterocycles. The second kappa shape index (κ2) is 23.7. The quantitative estimate of drug-likeness (QED) is 0.142. The van der Waals surface area contributed by atoms with Crippen LogP contribution in [0.3, 0.4) is 0 Å². The smallest absolute Gasteiger partial charge is 0.136 e. The lowest BCUT2D eigenvalue weighted by molar-refractivity contribution is 0.668. The summed E-state index contributed by atoms with van der Waals surface area (Å²) in [5.41, 5.74) is 9.12. The summed E-state index contributed by atoms with van der Waals surface area (Å²) in [5, 5.41) is 5.86. The molecule has 0 fully saturated rings. The van der Waals surface area contributed by atoms with Crippen LogP contribution in [0.4, 0.5) is 0 Å². The van der Waals surface area contributed by atoms with Gasteiger partial charge in [-0.05, 0) is 181 Å². The number of aromatic nitrogens is 1. The zero-order chi connectivity index (χ0) is 89.1. The Bertz CT molecular complexity index is 8290. The van der Waals surface area contributed by atoms with Crippen molar-refractivity contribution in [3.63, 3.8) is 0 Å². The van der Waals surface area contributed by atoms with Gasteiger partial charge < -0.3 is 13.4 Å². The zero-order valence-corrected chi connectivity index (χ0v) is 53.0. The van der Waals surface area contributed by atoms with Gasteiger partial charge in [0.15, 0.2) is 0 Å². The molecule has 0 aliphatic heterocycles. The highest BCUT2D eigenvalue weighted by Gasteiger charge is 2.25. The Kier molecular flexibility index (Phi) is 8.79. The predicted molar refractivity (Wildman–Crippen MR) is 427 cm³/mol. The average molecular weight is 1310 g/mol. The highest BCUT2D eigenvalue weighted by molar-refractivity contribution is 6.25. The van der Waals surface area contributed by atoms with E-state index in [0.717, 1.165) is 82.1 Å². The topological polar surface area (TPSA) is 31.2 Å². The van der Waals surface area contributed by atoms with Crippen LogP contribution in [0.25, 0.3) is 203 Å². The van der Waals surface area contributed by atoms with Crippen LogP contribution in [0.2, 0.25) is 0 Å². The van der Waals surface area contributed by atoms with E-state index in [2.05, 4.69) is 41.0 Å². The third kappa shape index (κ3) is 9.43. The lowest BCUT2D eigenvalue weighted by atomic mass is 9.84. The number of nitrogens with zero attached hydrogens (tertiary/aromatic N) is 1. The van der Waals surface area contributed by atoms with Gasteiger partial charge >= 0.3 is 0 Å². The van der Waals surface area contributed by atoms with E-state index in [1.54, 1.807) is 24.3 Å². The molecule has 21 aromatic rings. The Morgan fingerprint density at radius 3 is 1.06 bits per heavy atom. The SMILES string of the molecule is [2H]c1c([2H])c([2H])c(-c2c3c([2H])c([2H])c([2H])c([2H])c3c(-c3cccc(-c4c(-c5ccc6ccccc6c5)ccc5oc6ccccc6c45)c3)c3c([2H])c([2H])c([2H])c([2H])c23)c([2H])c1[2H].[2H]c1c([2H])c([2H])c(-c2c3c([2H])c([2H])c([2H])c([2H])c3c(-c3cccc(-c4c(-n5c6ccccc6c6ccccc65)ccc5oc6ccccc6c45)c3)c3c([2H])c([2H])c([2H])c([2H])c23)c([2H])c1[2H]. The summed E-state index contributed by atoms with van der Waals surface area (Å²) in [6.07, 6.45) is 0. The number of hydrogen-bond acceptors (Lipinski definition) is 2. The van der Waals surface area contributed by atoms with E-state index < -0.39 is 168 Å². The molecule has 0 atom stereocenters. The van der Waals surface area contributed by atoms with Crippen LogP contribution in [0, 0.1) is 0 Å². The van der Waals surface area contributed by atoms with Gasteiger partial charge in [-0.15, -0.1) is 0 Å². The fraction of sp³-hybridized carbons (Fsp3) is 0. The molecule has 0 aliphatic carbocycles. The minimum Gasteiger partial charge on any atom is -0.456 e. The Morgan fingerprint density at radius 1 is 0.218 bits per heavy atom. The summed E-state index contributed by atoms with van der Waals surface area (Å²) < 4.78 is 248. The van der Waals surface area contributed by atoms with Crippen LogP contribution >= 0.6 is 0 Å². The molecule has 0 unspecified atom stereocenters. The lowest BCUT2D eigenvalue weighted by Gasteiger charge is -2.19. The third-order valence-electron chi connectivity index (χ3n) is 19.1. The molecule has 21 rings (SSSR count). The monoisotopic (exact) mass is 1310 g/mol. The van der Waals surface area contributed by atoms with Gasteiger partial charge in [0, 0.05) is 43.4 Å². The summed E-state index contributed by atoms with van der Waals surface area (Å²) in [6, 6.07) is 51.3. The molecule has 3 heterocycles. The fourth-order valence-electron chi connectivity index (χ4n) is 14.9. The first-order valence-corrected chi connectivity index (χ1v) is 32.6. The second-order valence-corrected chi connectivity index (χ2v) is 24.5. The second-order valence-electron chi connectivity index (χ2n) is 24.5. The van der Waals surface area contributed by atoms with Crippen molar-refractivity contribution in [2.75, 3.05) is 0 Å². The van der Waals surface area contributed by atoms with Crippen molar-refractivity contribution in [1.82, 2.24) is 4.57 Å². The molecule has 3 nitrogen and oxygen atoms in total. The van der Waals surface area contributed by atoms with Gasteiger partial charge in [-0.25, -0.2) is 0 Å². The predicted octanol–water partition coefficient (Wildman–Crippen LogP) is 27.7. The van der Waals surface area contributed by atoms with Crippen LogP contribution in [0.5, 0.6) is 0 Å². The summed E-state index contributed by atoms with van der Waals surface area (Å²) in [5.74, 6) is 0. The maximum absolute atomic E-state index is 9.48. The summed E-state index contributed by atoms with van der Waals surface area (Å²) >= 11 is 0. The molecule has 18 aromatic carbocycles. The van der Waals surface area contributed by atoms with Crippen LogP contribution in [-0.4, -0.2) is 4.57 Å². The molecular formula is C98H61NO2. The minimum atomic E-state index is -0.722. The number of rotatable bonds is 8. The average Bonchev–Trinajstić information content (AvgIpc) is 1.58. The van der Waals surface area contributed by atoms with E-state index in [1.807, 2.05) is 152 Å². The molecule has 101 heavy (non-hydrogen) atoms. The van der Waals surface area contributed by atoms with Crippen LogP contribution < -0.4 is 0 Å². The van der Waals surface area contributed by atoms with Crippen molar-refractivity contribution in [3.8, 4) is 83.6 Å². The van der Waals surface area contributed by atoms with Gasteiger partial charge in [0.05, 0.1) is 52.4 Å². The van der Waals surface area contributed by atoms with E-state index >= 15 is 0 Å². The van der Waals surface area contributed by atoms with E-state index in [1.165, 1.54) is 0 Å². The van der Waals surface area contributed by atoms with Crippen molar-refractivity contribution in [1.29, 1.82) is 0 Å². The molecule has 0 aliphatic rings. The number of fused-ring (bicyclic) bond motifs is 14. The van der Waals surface area contributed by atoms with E-state index in [0.29, 0.717) is 44.6 Å². The molecule has 0 saturated carbocycles. The Labute approximate surface area is 619 Å². The van der Waals surface area contributed by atoms with Gasteiger partial charge in [-0.3, -0.25) is 0 Å². The van der Waals surface area contributed by atoms with Gasteiger partial charge in [0.2, 0.25) is 0 Å². The van der Waals surface area contributed by atoms with Crippen LogP contribution in [0.1, 0.15) is 35.6 Å². The Balaban J connectivity index is 0.000000160. The first kappa shape index (κ1) is 37.4. The van der Waals surface area contributed by atoms with E-state index in [9.17, 15) is 11.0 Å². The minimum absolute atomic E-state index is 0.0506. The number of benzene rings is 18. The Hall–Kier alpha value is -13.3. The molecule has 0 amide bonds. The van der Waals surface area contributed by atoms with E-state index in [4.69, 9.17) is 33.5 Å². The van der Waals surface area contributed by atoms with Crippen LogP contribution in [-0.2, 0) is 0 Å². The molecule has 0 radical (unpaired) electrons. The van der Waals surface area contributed by atoms with Gasteiger partial charge in [-0.2, -0.15) is 0 Å². The maximum atomic E-state index is 9.48. The van der Waals surface area contributed by atoms with Gasteiger partial charge in [0.25, 0.3) is 0 Å². The summed E-state index contributed by atoms with van der Waals surface area (Å²) in [6.45, 7) is 0. The molecule has 0 bridgehead atoms. The van der Waals surface area contributed by atoms with Crippen molar-refractivity contribution in [2.45, 2.75) is 0 Å². The molecule has 3 heteroatoms. The molecule has 0 spiro atoms. The first-order valence-electron chi connectivity index (χ1n) is 45.6. The zero-order valence-electron chi connectivity index (χ0n) is 79.0. The largest absolute Gasteiger partial charge is 0.456 e. The molecule has 0 N–H and O–H groups in total. The van der Waals surface area contributed by atoms with Gasteiger partial charge in [0.1, 0.15) is 22.3 Å². The standard InChI is InChI=1S/C50H31NO.C48H30O/c1-2-15-32(16-3-1)47-37-21-4-6-23-39(37)48(40-24-7-5-22-38(40)47)33-17-14-18-34(31-33)49-44(29-30-46-50(49)41-25-10-13-28-45(41)52-46)51-42-26-11-8-19-35(42)36-20-9-12-27-43(36)51;1-2-14-32(15-3-1)45-38-19-6-8-21-40(38)46(41-22-9-7-20-39(41)45)35-17-12-18-36(30-35)47-37(34-26-25-31-13-4-5-16-33(31)29-34)27-28-44-48(47)42-23-10-11-24-43(42)49-44/h1-31H;1-30H/i1D,2D,3D,4D,5D,6D,7D,15D,16D,21D,22D,23D,24D;1D,2D,3D,6D,7D,8D,9D,14D,15D,19D,20D,21D,22D. The van der Waals surface area contributed by atoms with Crippen molar-refractivity contribution in [2.24, 2.45) is 0 Å². The van der Waals surface area contributed by atoms with Crippen LogP contribution in [0.15, 0.2) is 378 Å². The Morgan fingerprint density at radius 2 is 0.584 bits per heavy atom. The highest BCUT2D eigenvalue weighted by atomic mass is 16.3. The summed E-state index contributed by atoms with van der Waals surface area (Å²) in [4.78, 5) is 0. The first-order chi connectivity index (χ1) is 60.9. The molecular weight excluding hydrogens is 1220 g/mol. The highest BCUT2D eigenvalue weighted by Crippen LogP contribution is 2.50. The van der Waals surface area contributed by atoms with Gasteiger partial charge in [-0.1, -0.05) is 309 Å². The third-order valence-corrected chi connectivity index (χ3v) is 19.1. The van der Waals surface area contributed by atoms with E-state index in [-0.39, 0.29) is 65.3 Å². The fourth-order valence-corrected chi connectivity index (χ4v) is 14.9. The number of furan rings is 2. The normalized spacial score (nSPS) is 15.4.